The Kier molecular flexibility index (Phi) is 5.21. The second kappa shape index (κ2) is 6.44. The first-order chi connectivity index (χ1) is 8.10. The van der Waals surface area contributed by atoms with Crippen LogP contribution in [0.5, 0.6) is 5.75 Å². The normalized spacial score (nSPS) is 12.2. The number of benzene rings is 1. The van der Waals surface area contributed by atoms with E-state index < -0.39 is 10.7 Å². The number of thiol groups is 1. The fourth-order valence-corrected chi connectivity index (χ4v) is 1.65. The van der Waals surface area contributed by atoms with Gasteiger partial charge in [-0.25, -0.2) is 4.39 Å². The van der Waals surface area contributed by atoms with Gasteiger partial charge in [-0.3, -0.25) is 10.1 Å². The summed E-state index contributed by atoms with van der Waals surface area (Å²) < 4.78 is 18.6. The number of hydrogen-bond donors (Lipinski definition) is 1. The Balaban J connectivity index is 2.85. The zero-order chi connectivity index (χ0) is 12.8. The summed E-state index contributed by atoms with van der Waals surface area (Å²) in [6.45, 7) is 2.18. The average Bonchev–Trinajstić information content (AvgIpc) is 2.31. The summed E-state index contributed by atoms with van der Waals surface area (Å²) in [7, 11) is 0. The molecule has 0 aromatic heterocycles. The van der Waals surface area contributed by atoms with Crippen molar-refractivity contribution in [3.8, 4) is 5.75 Å². The van der Waals surface area contributed by atoms with Gasteiger partial charge in [0.05, 0.1) is 11.5 Å². The third-order valence-corrected chi connectivity index (χ3v) is 2.96. The van der Waals surface area contributed by atoms with Crippen molar-refractivity contribution < 1.29 is 14.1 Å². The first-order valence-electron chi connectivity index (χ1n) is 5.26. The van der Waals surface area contributed by atoms with E-state index in [0.29, 0.717) is 5.75 Å². The Morgan fingerprint density at radius 2 is 2.29 bits per heavy atom. The number of nitro benzene ring substituents is 1. The van der Waals surface area contributed by atoms with E-state index in [2.05, 4.69) is 12.6 Å². The van der Waals surface area contributed by atoms with Crippen LogP contribution in [0.25, 0.3) is 0 Å². The lowest BCUT2D eigenvalue weighted by molar-refractivity contribution is -0.386. The lowest BCUT2D eigenvalue weighted by atomic mass is 10.1. The van der Waals surface area contributed by atoms with Crippen LogP contribution in [-0.4, -0.2) is 17.3 Å². The van der Waals surface area contributed by atoms with Gasteiger partial charge < -0.3 is 4.74 Å². The molecule has 4 nitrogen and oxygen atoms in total. The molecule has 1 aromatic carbocycles. The topological polar surface area (TPSA) is 52.4 Å². The van der Waals surface area contributed by atoms with Gasteiger partial charge in [0.25, 0.3) is 0 Å². The van der Waals surface area contributed by atoms with Gasteiger partial charge >= 0.3 is 5.69 Å². The van der Waals surface area contributed by atoms with Crippen molar-refractivity contribution >= 4 is 18.3 Å². The Morgan fingerprint density at radius 3 is 2.82 bits per heavy atom. The van der Waals surface area contributed by atoms with Crippen molar-refractivity contribution in [3.05, 3.63) is 34.1 Å². The summed E-state index contributed by atoms with van der Waals surface area (Å²) in [5, 5.41) is 10.7. The molecule has 1 unspecified atom stereocenters. The van der Waals surface area contributed by atoms with Crippen molar-refractivity contribution in [3.63, 3.8) is 0 Å². The number of para-hydroxylation sites is 1. The van der Waals surface area contributed by atoms with E-state index >= 15 is 0 Å². The van der Waals surface area contributed by atoms with Crippen LogP contribution in [0.4, 0.5) is 10.1 Å². The minimum atomic E-state index is -0.715. The predicted molar refractivity (Wildman–Crippen MR) is 66.2 cm³/mol. The Bertz CT molecular complexity index is 396. The van der Waals surface area contributed by atoms with Crippen LogP contribution in [0, 0.1) is 21.8 Å². The maximum Gasteiger partial charge on any atom is 0.314 e. The van der Waals surface area contributed by atoms with Crippen molar-refractivity contribution in [2.75, 3.05) is 12.4 Å². The average molecular weight is 259 g/mol. The fraction of sp³-hybridized carbons (Fsp3) is 0.455. The quantitative estimate of drug-likeness (QED) is 0.485. The van der Waals surface area contributed by atoms with Gasteiger partial charge in [0.15, 0.2) is 5.82 Å². The smallest absolute Gasteiger partial charge is 0.314 e. The predicted octanol–water partition coefficient (Wildman–Crippen LogP) is 3.07. The summed E-state index contributed by atoms with van der Waals surface area (Å²) in [5.74, 6) is -0.262. The van der Waals surface area contributed by atoms with Crippen LogP contribution in [-0.2, 0) is 0 Å². The minimum Gasteiger partial charge on any atom is -0.484 e. The number of nitro groups is 1. The molecule has 1 aromatic rings. The Morgan fingerprint density at radius 1 is 1.59 bits per heavy atom. The SMILES string of the molecule is CCC(CS)COc1c(F)cccc1[N+](=O)[O-]. The molecule has 6 heteroatoms. The second-order valence-electron chi connectivity index (χ2n) is 3.61. The largest absolute Gasteiger partial charge is 0.484 e. The number of halogens is 1. The molecule has 0 aliphatic heterocycles. The zero-order valence-electron chi connectivity index (χ0n) is 9.43. The van der Waals surface area contributed by atoms with Crippen LogP contribution in [0.1, 0.15) is 13.3 Å². The molecule has 0 heterocycles. The number of ether oxygens (including phenoxy) is 1. The van der Waals surface area contributed by atoms with E-state index in [4.69, 9.17) is 4.74 Å². The van der Waals surface area contributed by atoms with E-state index in [1.165, 1.54) is 12.1 Å². The lowest BCUT2D eigenvalue weighted by Gasteiger charge is -2.13. The molecule has 0 radical (unpaired) electrons. The van der Waals surface area contributed by atoms with Gasteiger partial charge in [0, 0.05) is 12.0 Å². The van der Waals surface area contributed by atoms with Gasteiger partial charge in [0.2, 0.25) is 5.75 Å². The van der Waals surface area contributed by atoms with E-state index in [0.717, 1.165) is 12.5 Å². The maximum absolute atomic E-state index is 13.4. The fourth-order valence-electron chi connectivity index (χ4n) is 1.28. The molecular weight excluding hydrogens is 245 g/mol. The van der Waals surface area contributed by atoms with Gasteiger partial charge in [-0.2, -0.15) is 12.6 Å². The first kappa shape index (κ1) is 13.8. The highest BCUT2D eigenvalue weighted by atomic mass is 32.1. The Hall–Kier alpha value is -1.30. The number of rotatable bonds is 6. The first-order valence-corrected chi connectivity index (χ1v) is 5.90. The van der Waals surface area contributed by atoms with E-state index in [1.807, 2.05) is 6.92 Å². The zero-order valence-corrected chi connectivity index (χ0v) is 10.3. The molecule has 0 amide bonds. The summed E-state index contributed by atoms with van der Waals surface area (Å²) in [6.07, 6.45) is 0.825. The standard InChI is InChI=1S/C11H14FNO3S/c1-2-8(7-17)6-16-11-9(12)4-3-5-10(11)13(14)15/h3-5,8,17H,2,6-7H2,1H3. The molecule has 0 fully saturated rings. The van der Waals surface area contributed by atoms with Crippen LogP contribution in [0.3, 0.4) is 0 Å². The highest BCUT2D eigenvalue weighted by molar-refractivity contribution is 7.80. The van der Waals surface area contributed by atoms with Crippen LogP contribution in [0.15, 0.2) is 18.2 Å². The highest BCUT2D eigenvalue weighted by Crippen LogP contribution is 2.30. The molecule has 17 heavy (non-hydrogen) atoms. The molecule has 0 bridgehead atoms. The third-order valence-electron chi connectivity index (χ3n) is 2.44. The van der Waals surface area contributed by atoms with E-state index in [1.54, 1.807) is 0 Å². The number of nitrogens with zero attached hydrogens (tertiary/aromatic N) is 1. The molecule has 1 rings (SSSR count). The lowest BCUT2D eigenvalue weighted by Crippen LogP contribution is -2.14. The van der Waals surface area contributed by atoms with Crippen LogP contribution in [0.2, 0.25) is 0 Å². The summed E-state index contributed by atoms with van der Waals surface area (Å²) >= 11 is 4.13. The maximum atomic E-state index is 13.4. The highest BCUT2D eigenvalue weighted by Gasteiger charge is 2.20. The third kappa shape index (κ3) is 3.59. The van der Waals surface area contributed by atoms with Gasteiger partial charge in [-0.05, 0) is 18.2 Å². The number of hydrogen-bond acceptors (Lipinski definition) is 4. The Labute approximate surface area is 104 Å². The monoisotopic (exact) mass is 259 g/mol. The van der Waals surface area contributed by atoms with Crippen molar-refractivity contribution in [1.29, 1.82) is 0 Å². The molecule has 0 spiro atoms. The molecule has 1 atom stereocenters. The molecule has 0 saturated carbocycles. The summed E-state index contributed by atoms with van der Waals surface area (Å²) in [5.41, 5.74) is -0.348. The van der Waals surface area contributed by atoms with E-state index in [9.17, 15) is 14.5 Å². The molecule has 0 saturated heterocycles. The summed E-state index contributed by atoms with van der Waals surface area (Å²) in [6, 6.07) is 3.65. The molecular formula is C11H14FNO3S. The molecule has 94 valence electrons. The van der Waals surface area contributed by atoms with Crippen LogP contribution < -0.4 is 4.74 Å². The molecule has 0 aliphatic carbocycles. The van der Waals surface area contributed by atoms with Crippen molar-refractivity contribution in [2.45, 2.75) is 13.3 Å². The van der Waals surface area contributed by atoms with Gasteiger partial charge in [0.1, 0.15) is 0 Å². The molecule has 0 aliphatic rings. The van der Waals surface area contributed by atoms with Crippen molar-refractivity contribution in [1.82, 2.24) is 0 Å². The van der Waals surface area contributed by atoms with E-state index in [-0.39, 0.29) is 24.0 Å². The van der Waals surface area contributed by atoms with Crippen LogP contribution >= 0.6 is 12.6 Å². The van der Waals surface area contributed by atoms with Gasteiger partial charge in [-0.15, -0.1) is 0 Å². The minimum absolute atomic E-state index is 0.151. The summed E-state index contributed by atoms with van der Waals surface area (Å²) in [4.78, 5) is 10.0. The molecule has 0 N–H and O–H groups in total. The van der Waals surface area contributed by atoms with Gasteiger partial charge in [-0.1, -0.05) is 13.0 Å². The second-order valence-corrected chi connectivity index (χ2v) is 3.98. The van der Waals surface area contributed by atoms with Crippen molar-refractivity contribution in [2.24, 2.45) is 5.92 Å².